The SMILES string of the molecule is CCOc1cc(C(=O)NC(=S)Nc2ccc(NC(=O)c3ccco3)c(C)c2)cc(OCC)c1OCC. The van der Waals surface area contributed by atoms with Crippen molar-refractivity contribution in [3.8, 4) is 17.2 Å². The third kappa shape index (κ3) is 6.76. The number of furan rings is 1. The van der Waals surface area contributed by atoms with Crippen LogP contribution in [0.25, 0.3) is 0 Å². The Hall–Kier alpha value is -4.05. The second-order valence-corrected chi connectivity index (χ2v) is 7.88. The standard InChI is InChI=1S/C26H29N3O6S/c1-5-32-21-14-17(15-22(33-6-2)23(21)34-7-3)24(30)29-26(36)27-18-10-11-19(16(4)13-18)28-25(31)20-9-8-12-35-20/h8-15H,5-7H2,1-4H3,(H,28,31)(H2,27,29,30,36). The molecule has 0 saturated carbocycles. The third-order valence-corrected chi connectivity index (χ3v) is 5.08. The summed E-state index contributed by atoms with van der Waals surface area (Å²) in [6.07, 6.45) is 1.44. The van der Waals surface area contributed by atoms with Gasteiger partial charge in [0.05, 0.1) is 26.1 Å². The van der Waals surface area contributed by atoms with Crippen LogP contribution in [-0.4, -0.2) is 36.7 Å². The molecule has 2 amide bonds. The summed E-state index contributed by atoms with van der Waals surface area (Å²) in [4.78, 5) is 25.2. The molecule has 0 saturated heterocycles. The molecule has 3 aromatic rings. The highest BCUT2D eigenvalue weighted by Crippen LogP contribution is 2.39. The molecular formula is C26H29N3O6S. The van der Waals surface area contributed by atoms with Gasteiger partial charge in [0.1, 0.15) is 0 Å². The molecule has 9 nitrogen and oxygen atoms in total. The van der Waals surface area contributed by atoms with Gasteiger partial charge in [-0.25, -0.2) is 0 Å². The van der Waals surface area contributed by atoms with Crippen LogP contribution >= 0.6 is 12.2 Å². The van der Waals surface area contributed by atoms with Crippen molar-refractivity contribution < 1.29 is 28.2 Å². The first-order valence-electron chi connectivity index (χ1n) is 11.5. The van der Waals surface area contributed by atoms with Gasteiger partial charge in [-0.3, -0.25) is 14.9 Å². The number of benzene rings is 2. The lowest BCUT2D eigenvalue weighted by Gasteiger charge is -2.17. The minimum absolute atomic E-state index is 0.108. The lowest BCUT2D eigenvalue weighted by Crippen LogP contribution is -2.34. The molecule has 0 atom stereocenters. The van der Waals surface area contributed by atoms with Crippen molar-refractivity contribution in [2.24, 2.45) is 0 Å². The molecule has 36 heavy (non-hydrogen) atoms. The van der Waals surface area contributed by atoms with Crippen molar-refractivity contribution in [3.05, 3.63) is 65.6 Å². The number of hydrogen-bond acceptors (Lipinski definition) is 7. The highest BCUT2D eigenvalue weighted by atomic mass is 32.1. The Kier molecular flexibility index (Phi) is 9.29. The number of amides is 2. The lowest BCUT2D eigenvalue weighted by molar-refractivity contribution is 0.0974. The Morgan fingerprint density at radius 1 is 0.889 bits per heavy atom. The van der Waals surface area contributed by atoms with Crippen LogP contribution < -0.4 is 30.2 Å². The van der Waals surface area contributed by atoms with Gasteiger partial charge in [-0.2, -0.15) is 0 Å². The normalized spacial score (nSPS) is 10.3. The lowest BCUT2D eigenvalue weighted by atomic mass is 10.1. The van der Waals surface area contributed by atoms with Gasteiger partial charge in [-0.1, -0.05) is 0 Å². The second kappa shape index (κ2) is 12.6. The third-order valence-electron chi connectivity index (χ3n) is 4.88. The van der Waals surface area contributed by atoms with E-state index in [1.54, 1.807) is 42.5 Å². The number of thiocarbonyl (C=S) groups is 1. The predicted molar refractivity (Wildman–Crippen MR) is 141 cm³/mol. The topological polar surface area (TPSA) is 111 Å². The molecular weight excluding hydrogens is 482 g/mol. The summed E-state index contributed by atoms with van der Waals surface area (Å²) in [5.41, 5.74) is 2.37. The van der Waals surface area contributed by atoms with Crippen molar-refractivity contribution in [1.29, 1.82) is 0 Å². The zero-order valence-electron chi connectivity index (χ0n) is 20.6. The number of carbonyl (C=O) groups is 2. The van der Waals surface area contributed by atoms with E-state index in [1.807, 2.05) is 27.7 Å². The molecule has 3 N–H and O–H groups in total. The number of nitrogens with one attached hydrogen (secondary N) is 3. The predicted octanol–water partition coefficient (Wildman–Crippen LogP) is 5.16. The summed E-state index contributed by atoms with van der Waals surface area (Å²) in [5.74, 6) is 0.716. The Bertz CT molecular complexity index is 1200. The Morgan fingerprint density at radius 2 is 1.56 bits per heavy atom. The van der Waals surface area contributed by atoms with Crippen LogP contribution in [-0.2, 0) is 0 Å². The number of aryl methyl sites for hydroxylation is 1. The van der Waals surface area contributed by atoms with Gasteiger partial charge in [0, 0.05) is 16.9 Å². The summed E-state index contributed by atoms with van der Waals surface area (Å²) < 4.78 is 22.1. The van der Waals surface area contributed by atoms with Crippen LogP contribution in [0.2, 0.25) is 0 Å². The molecule has 0 fully saturated rings. The molecule has 0 unspecified atom stereocenters. The van der Waals surface area contributed by atoms with Crippen LogP contribution in [0.1, 0.15) is 47.2 Å². The van der Waals surface area contributed by atoms with E-state index in [0.717, 1.165) is 5.56 Å². The van der Waals surface area contributed by atoms with Crippen molar-refractivity contribution in [2.75, 3.05) is 30.5 Å². The average Bonchev–Trinajstić information content (AvgIpc) is 3.38. The fourth-order valence-corrected chi connectivity index (χ4v) is 3.54. The molecule has 0 aliphatic heterocycles. The number of anilines is 2. The molecule has 10 heteroatoms. The van der Waals surface area contributed by atoms with E-state index in [0.29, 0.717) is 54.0 Å². The molecule has 0 bridgehead atoms. The zero-order chi connectivity index (χ0) is 26.1. The molecule has 190 valence electrons. The fourth-order valence-electron chi connectivity index (χ4n) is 3.33. The zero-order valence-corrected chi connectivity index (χ0v) is 21.4. The van der Waals surface area contributed by atoms with Crippen LogP contribution in [0, 0.1) is 6.92 Å². The van der Waals surface area contributed by atoms with E-state index in [9.17, 15) is 9.59 Å². The van der Waals surface area contributed by atoms with Gasteiger partial charge in [-0.15, -0.1) is 0 Å². The molecule has 0 aliphatic rings. The quantitative estimate of drug-likeness (QED) is 0.320. The highest BCUT2D eigenvalue weighted by molar-refractivity contribution is 7.80. The van der Waals surface area contributed by atoms with Gasteiger partial charge in [0.15, 0.2) is 22.4 Å². The summed E-state index contributed by atoms with van der Waals surface area (Å²) in [6, 6.07) is 11.7. The Morgan fingerprint density at radius 3 is 2.11 bits per heavy atom. The summed E-state index contributed by atoms with van der Waals surface area (Å²) >= 11 is 5.34. The molecule has 1 aromatic heterocycles. The number of hydrogen-bond donors (Lipinski definition) is 3. The van der Waals surface area contributed by atoms with E-state index >= 15 is 0 Å². The smallest absolute Gasteiger partial charge is 0.291 e. The van der Waals surface area contributed by atoms with Gasteiger partial charge >= 0.3 is 0 Å². The van der Waals surface area contributed by atoms with E-state index < -0.39 is 5.91 Å². The van der Waals surface area contributed by atoms with Gasteiger partial charge in [0.2, 0.25) is 5.75 Å². The van der Waals surface area contributed by atoms with Crippen LogP contribution in [0.3, 0.4) is 0 Å². The molecule has 2 aromatic carbocycles. The van der Waals surface area contributed by atoms with E-state index in [2.05, 4.69) is 16.0 Å². The van der Waals surface area contributed by atoms with Gasteiger partial charge in [-0.05, 0) is 87.9 Å². The monoisotopic (exact) mass is 511 g/mol. The summed E-state index contributed by atoms with van der Waals surface area (Å²) in [6.45, 7) is 8.61. The van der Waals surface area contributed by atoms with E-state index in [1.165, 1.54) is 6.26 Å². The number of carbonyl (C=O) groups excluding carboxylic acids is 2. The molecule has 0 spiro atoms. The fraction of sp³-hybridized carbons (Fsp3) is 0.269. The first kappa shape index (κ1) is 26.6. The summed E-state index contributed by atoms with van der Waals surface area (Å²) in [7, 11) is 0. The Balaban J connectivity index is 1.69. The van der Waals surface area contributed by atoms with E-state index in [4.69, 9.17) is 30.8 Å². The van der Waals surface area contributed by atoms with Gasteiger partial charge < -0.3 is 29.3 Å². The second-order valence-electron chi connectivity index (χ2n) is 7.47. The molecule has 0 radical (unpaired) electrons. The molecule has 1 heterocycles. The molecule has 3 rings (SSSR count). The number of ether oxygens (including phenoxy) is 3. The van der Waals surface area contributed by atoms with Crippen molar-refractivity contribution in [3.63, 3.8) is 0 Å². The van der Waals surface area contributed by atoms with E-state index in [-0.39, 0.29) is 16.8 Å². The number of rotatable bonds is 10. The van der Waals surface area contributed by atoms with Crippen LogP contribution in [0.5, 0.6) is 17.2 Å². The molecule has 0 aliphatic carbocycles. The summed E-state index contributed by atoms with van der Waals surface area (Å²) in [5, 5.41) is 8.55. The minimum atomic E-state index is -0.434. The largest absolute Gasteiger partial charge is 0.490 e. The first-order valence-corrected chi connectivity index (χ1v) is 11.9. The van der Waals surface area contributed by atoms with Crippen molar-refractivity contribution in [2.45, 2.75) is 27.7 Å². The van der Waals surface area contributed by atoms with Crippen molar-refractivity contribution in [1.82, 2.24) is 5.32 Å². The minimum Gasteiger partial charge on any atom is -0.490 e. The maximum Gasteiger partial charge on any atom is 0.291 e. The Labute approximate surface area is 215 Å². The maximum absolute atomic E-state index is 12.9. The maximum atomic E-state index is 12.9. The van der Waals surface area contributed by atoms with Crippen LogP contribution in [0.4, 0.5) is 11.4 Å². The van der Waals surface area contributed by atoms with Gasteiger partial charge in [0.25, 0.3) is 11.8 Å². The average molecular weight is 512 g/mol. The first-order chi connectivity index (χ1) is 17.4. The highest BCUT2D eigenvalue weighted by Gasteiger charge is 2.19. The van der Waals surface area contributed by atoms with Crippen molar-refractivity contribution >= 4 is 40.5 Å². The van der Waals surface area contributed by atoms with Crippen LogP contribution in [0.15, 0.2) is 53.1 Å².